The van der Waals surface area contributed by atoms with E-state index >= 15 is 0 Å². The van der Waals surface area contributed by atoms with E-state index in [0.29, 0.717) is 11.9 Å². The number of nitrogens with one attached hydrogen (secondary N) is 1. The van der Waals surface area contributed by atoms with Crippen molar-refractivity contribution in [2.24, 2.45) is 0 Å². The number of hydrogen-bond acceptors (Lipinski definition) is 3. The fraction of sp³-hybridized carbons (Fsp3) is 0.941. The zero-order chi connectivity index (χ0) is 15.8. The molecule has 0 radical (unpaired) electrons. The van der Waals surface area contributed by atoms with E-state index in [-0.39, 0.29) is 12.2 Å². The number of carbonyl (C=O) groups is 1. The first-order valence-corrected chi connectivity index (χ1v) is 8.78. The third-order valence-corrected chi connectivity index (χ3v) is 4.55. The smallest absolute Gasteiger partial charge is 0.241 e. The van der Waals surface area contributed by atoms with Crippen molar-refractivity contribution in [1.29, 1.82) is 0 Å². The first-order chi connectivity index (χ1) is 10.0. The van der Waals surface area contributed by atoms with Gasteiger partial charge in [-0.05, 0) is 46.7 Å². The lowest BCUT2D eigenvalue weighted by Crippen LogP contribution is -2.39. The van der Waals surface area contributed by atoms with Gasteiger partial charge in [0.25, 0.3) is 0 Å². The summed E-state index contributed by atoms with van der Waals surface area (Å²) in [7, 11) is 2.16. The van der Waals surface area contributed by atoms with Crippen LogP contribution in [0, 0.1) is 0 Å². The molecule has 0 aromatic carbocycles. The largest absolute Gasteiger partial charge is 0.326 e. The van der Waals surface area contributed by atoms with Crippen LogP contribution < -0.4 is 5.32 Å². The van der Waals surface area contributed by atoms with Gasteiger partial charge in [-0.3, -0.25) is 10.1 Å². The van der Waals surface area contributed by atoms with Crippen molar-refractivity contribution >= 4 is 5.91 Å². The molecule has 0 saturated carbocycles. The molecule has 0 aromatic rings. The molecular weight excluding hydrogens is 262 g/mol. The predicted molar refractivity (Wildman–Crippen MR) is 89.2 cm³/mol. The Morgan fingerprint density at radius 1 is 1.19 bits per heavy atom. The average Bonchev–Trinajstić information content (AvgIpc) is 2.73. The quantitative estimate of drug-likeness (QED) is 0.673. The fourth-order valence-corrected chi connectivity index (χ4v) is 2.89. The highest BCUT2D eigenvalue weighted by Gasteiger charge is 2.37. The van der Waals surface area contributed by atoms with E-state index in [9.17, 15) is 4.79 Å². The van der Waals surface area contributed by atoms with E-state index in [1.54, 1.807) is 0 Å². The fourth-order valence-electron chi connectivity index (χ4n) is 2.89. The third-order valence-electron chi connectivity index (χ3n) is 4.55. The summed E-state index contributed by atoms with van der Waals surface area (Å²) in [6.07, 6.45) is 6.77. The topological polar surface area (TPSA) is 35.6 Å². The Balaban J connectivity index is 2.49. The van der Waals surface area contributed by atoms with Crippen LogP contribution in [0.5, 0.6) is 0 Å². The van der Waals surface area contributed by atoms with E-state index in [1.165, 1.54) is 0 Å². The van der Waals surface area contributed by atoms with E-state index in [1.807, 2.05) is 0 Å². The average molecular weight is 297 g/mol. The minimum absolute atomic E-state index is 0.0596. The van der Waals surface area contributed by atoms with Crippen molar-refractivity contribution in [3.8, 4) is 0 Å². The SMILES string of the molecule is CCCCC1NC(CCC)N(CCCN(C)C(C)C)C1=O. The molecule has 0 aromatic heterocycles. The molecule has 1 aliphatic heterocycles. The number of unbranched alkanes of at least 4 members (excludes halogenated alkanes) is 1. The molecule has 1 fully saturated rings. The first-order valence-electron chi connectivity index (χ1n) is 8.78. The molecule has 1 heterocycles. The van der Waals surface area contributed by atoms with Crippen molar-refractivity contribution in [2.75, 3.05) is 20.1 Å². The van der Waals surface area contributed by atoms with Gasteiger partial charge in [-0.25, -0.2) is 0 Å². The van der Waals surface area contributed by atoms with Crippen molar-refractivity contribution in [1.82, 2.24) is 15.1 Å². The predicted octanol–water partition coefficient (Wildman–Crippen LogP) is 2.83. The second kappa shape index (κ2) is 9.42. The maximum Gasteiger partial charge on any atom is 0.241 e. The summed E-state index contributed by atoms with van der Waals surface area (Å²) in [6, 6.07) is 0.630. The molecule has 1 amide bonds. The van der Waals surface area contributed by atoms with Gasteiger partial charge < -0.3 is 9.80 Å². The van der Waals surface area contributed by atoms with Crippen LogP contribution in [0.25, 0.3) is 0 Å². The summed E-state index contributed by atoms with van der Waals surface area (Å²) in [6.45, 7) is 10.7. The summed E-state index contributed by atoms with van der Waals surface area (Å²) in [5.41, 5.74) is 0. The van der Waals surface area contributed by atoms with E-state index in [4.69, 9.17) is 0 Å². The van der Waals surface area contributed by atoms with E-state index in [0.717, 1.165) is 51.6 Å². The van der Waals surface area contributed by atoms with Crippen LogP contribution in [-0.2, 0) is 4.79 Å². The standard InChI is InChI=1S/C17H35N3O/c1-6-8-11-15-17(21)20(16(18-15)10-7-2)13-9-12-19(5)14(3)4/h14-16,18H,6-13H2,1-5H3. The van der Waals surface area contributed by atoms with Crippen molar-refractivity contribution in [2.45, 2.75) is 84.5 Å². The van der Waals surface area contributed by atoms with Gasteiger partial charge in [-0.2, -0.15) is 0 Å². The van der Waals surface area contributed by atoms with Crippen LogP contribution in [-0.4, -0.2) is 54.1 Å². The number of nitrogens with zero attached hydrogens (tertiary/aromatic N) is 2. The molecule has 1 aliphatic rings. The Kier molecular flexibility index (Phi) is 8.27. The molecule has 0 bridgehead atoms. The normalized spacial score (nSPS) is 22.8. The highest BCUT2D eigenvalue weighted by molar-refractivity contribution is 5.84. The van der Waals surface area contributed by atoms with Crippen LogP contribution in [0.2, 0.25) is 0 Å². The summed E-state index contributed by atoms with van der Waals surface area (Å²) in [5, 5.41) is 3.55. The Morgan fingerprint density at radius 3 is 2.48 bits per heavy atom. The number of hydrogen-bond donors (Lipinski definition) is 1. The second-order valence-electron chi connectivity index (χ2n) is 6.63. The molecule has 21 heavy (non-hydrogen) atoms. The monoisotopic (exact) mass is 297 g/mol. The molecule has 0 spiro atoms. The maximum atomic E-state index is 12.6. The molecule has 4 nitrogen and oxygen atoms in total. The molecule has 0 aliphatic carbocycles. The molecule has 1 N–H and O–H groups in total. The van der Waals surface area contributed by atoms with Gasteiger partial charge in [-0.15, -0.1) is 0 Å². The van der Waals surface area contributed by atoms with E-state index in [2.05, 4.69) is 49.9 Å². The Bertz CT molecular complexity index is 306. The Labute approximate surface area is 131 Å². The zero-order valence-electron chi connectivity index (χ0n) is 14.7. The lowest BCUT2D eigenvalue weighted by molar-refractivity contribution is -0.130. The molecule has 2 atom stereocenters. The van der Waals surface area contributed by atoms with Gasteiger partial charge in [0.1, 0.15) is 0 Å². The van der Waals surface area contributed by atoms with Crippen LogP contribution in [0.4, 0.5) is 0 Å². The van der Waals surface area contributed by atoms with Gasteiger partial charge in [0.15, 0.2) is 0 Å². The molecular formula is C17H35N3O. The molecule has 4 heteroatoms. The Hall–Kier alpha value is -0.610. The Morgan fingerprint density at radius 2 is 1.90 bits per heavy atom. The summed E-state index contributed by atoms with van der Waals surface area (Å²) < 4.78 is 0. The van der Waals surface area contributed by atoms with Gasteiger partial charge in [0.05, 0.1) is 12.2 Å². The lowest BCUT2D eigenvalue weighted by atomic mass is 10.1. The van der Waals surface area contributed by atoms with Gasteiger partial charge in [0, 0.05) is 12.6 Å². The van der Waals surface area contributed by atoms with Gasteiger partial charge >= 0.3 is 0 Å². The summed E-state index contributed by atoms with van der Waals surface area (Å²) >= 11 is 0. The molecule has 1 saturated heterocycles. The van der Waals surface area contributed by atoms with Crippen LogP contribution in [0.1, 0.15) is 66.2 Å². The minimum atomic E-state index is 0.0596. The third kappa shape index (κ3) is 5.59. The van der Waals surface area contributed by atoms with Gasteiger partial charge in [0.2, 0.25) is 5.91 Å². The number of carbonyl (C=O) groups excluding carboxylic acids is 1. The maximum absolute atomic E-state index is 12.6. The minimum Gasteiger partial charge on any atom is -0.326 e. The first kappa shape index (κ1) is 18.4. The summed E-state index contributed by atoms with van der Waals surface area (Å²) in [4.78, 5) is 17.0. The second-order valence-corrected chi connectivity index (χ2v) is 6.63. The lowest BCUT2D eigenvalue weighted by Gasteiger charge is -2.26. The van der Waals surface area contributed by atoms with Crippen LogP contribution in [0.15, 0.2) is 0 Å². The van der Waals surface area contributed by atoms with Crippen molar-refractivity contribution in [3.05, 3.63) is 0 Å². The highest BCUT2D eigenvalue weighted by atomic mass is 16.2. The zero-order valence-corrected chi connectivity index (χ0v) is 14.7. The molecule has 2 unspecified atom stereocenters. The number of amides is 1. The highest BCUT2D eigenvalue weighted by Crippen LogP contribution is 2.19. The summed E-state index contributed by atoms with van der Waals surface area (Å²) in [5.74, 6) is 0.328. The van der Waals surface area contributed by atoms with Crippen molar-refractivity contribution in [3.63, 3.8) is 0 Å². The van der Waals surface area contributed by atoms with Gasteiger partial charge in [-0.1, -0.05) is 33.1 Å². The van der Waals surface area contributed by atoms with Crippen molar-refractivity contribution < 1.29 is 4.79 Å². The van der Waals surface area contributed by atoms with Crippen LogP contribution in [0.3, 0.4) is 0 Å². The van der Waals surface area contributed by atoms with Crippen LogP contribution >= 0.6 is 0 Å². The number of rotatable bonds is 10. The van der Waals surface area contributed by atoms with E-state index < -0.39 is 0 Å². The molecule has 124 valence electrons. The molecule has 1 rings (SSSR count).